The summed E-state index contributed by atoms with van der Waals surface area (Å²) in [6.45, 7) is -0.252. The SMILES string of the molecule is O=C(Nc1ccc(S(=O)(=O)C(CCn2nnc3ccccc3c2=O)C(=O)O)cc1)c1ccccc1. The summed E-state index contributed by atoms with van der Waals surface area (Å²) in [5, 5.41) is 18.5. The summed E-state index contributed by atoms with van der Waals surface area (Å²) in [6.07, 6.45) is -0.392. The van der Waals surface area contributed by atoms with Crippen LogP contribution in [0.1, 0.15) is 16.8 Å². The Morgan fingerprint density at radius 2 is 1.60 bits per heavy atom. The van der Waals surface area contributed by atoms with Crippen LogP contribution in [0.4, 0.5) is 5.69 Å². The highest BCUT2D eigenvalue weighted by Gasteiger charge is 2.34. The van der Waals surface area contributed by atoms with Crippen LogP contribution in [0.25, 0.3) is 10.9 Å². The topological polar surface area (TPSA) is 148 Å². The van der Waals surface area contributed by atoms with Crippen molar-refractivity contribution < 1.29 is 23.1 Å². The number of amides is 1. The van der Waals surface area contributed by atoms with Crippen LogP contribution in [0.15, 0.2) is 88.6 Å². The van der Waals surface area contributed by atoms with E-state index in [1.807, 2.05) is 0 Å². The average Bonchev–Trinajstić information content (AvgIpc) is 2.86. The molecule has 35 heavy (non-hydrogen) atoms. The van der Waals surface area contributed by atoms with Crippen LogP contribution >= 0.6 is 0 Å². The van der Waals surface area contributed by atoms with Gasteiger partial charge in [-0.1, -0.05) is 35.5 Å². The van der Waals surface area contributed by atoms with Gasteiger partial charge in [0, 0.05) is 17.8 Å². The van der Waals surface area contributed by atoms with E-state index in [2.05, 4.69) is 15.6 Å². The molecule has 4 rings (SSSR count). The first-order chi connectivity index (χ1) is 16.8. The molecule has 0 bridgehead atoms. The number of sulfone groups is 1. The smallest absolute Gasteiger partial charge is 0.322 e. The fourth-order valence-electron chi connectivity index (χ4n) is 3.51. The Kier molecular flexibility index (Phi) is 6.69. The molecular formula is C24H20N4O6S. The lowest BCUT2D eigenvalue weighted by Gasteiger charge is -2.14. The molecule has 0 fully saturated rings. The van der Waals surface area contributed by atoms with Crippen LogP contribution in [0, 0.1) is 0 Å². The predicted octanol–water partition coefficient (Wildman–Crippen LogP) is 2.36. The second-order valence-corrected chi connectivity index (χ2v) is 9.77. The largest absolute Gasteiger partial charge is 0.480 e. The highest BCUT2D eigenvalue weighted by Crippen LogP contribution is 2.22. The number of carbonyl (C=O) groups excluding carboxylic acids is 1. The first kappa shape index (κ1) is 23.8. The van der Waals surface area contributed by atoms with E-state index >= 15 is 0 Å². The Hall–Kier alpha value is -4.38. The van der Waals surface area contributed by atoms with Gasteiger partial charge in [0.25, 0.3) is 11.5 Å². The second kappa shape index (κ2) is 9.85. The van der Waals surface area contributed by atoms with E-state index in [9.17, 15) is 27.9 Å². The lowest BCUT2D eigenvalue weighted by Crippen LogP contribution is -2.34. The maximum Gasteiger partial charge on any atom is 0.322 e. The van der Waals surface area contributed by atoms with Gasteiger partial charge < -0.3 is 10.4 Å². The molecule has 0 aliphatic rings. The predicted molar refractivity (Wildman–Crippen MR) is 128 cm³/mol. The van der Waals surface area contributed by atoms with Crippen LogP contribution < -0.4 is 10.9 Å². The number of aryl methyl sites for hydroxylation is 1. The molecule has 0 spiro atoms. The van der Waals surface area contributed by atoms with Crippen molar-refractivity contribution in [2.24, 2.45) is 0 Å². The number of carboxylic acids is 1. The van der Waals surface area contributed by atoms with Gasteiger partial charge >= 0.3 is 5.97 Å². The van der Waals surface area contributed by atoms with Crippen LogP contribution in [-0.4, -0.2) is 45.6 Å². The summed E-state index contributed by atoms with van der Waals surface area (Å²) < 4.78 is 27.1. The number of nitrogens with one attached hydrogen (secondary N) is 1. The van der Waals surface area contributed by atoms with Crippen LogP contribution in [0.5, 0.6) is 0 Å². The van der Waals surface area contributed by atoms with E-state index in [0.29, 0.717) is 22.2 Å². The van der Waals surface area contributed by atoms with Crippen molar-refractivity contribution in [2.45, 2.75) is 23.1 Å². The molecule has 3 aromatic carbocycles. The van der Waals surface area contributed by atoms with Crippen molar-refractivity contribution >= 4 is 38.3 Å². The summed E-state index contributed by atoms with van der Waals surface area (Å²) in [5.41, 5.74) is 0.677. The molecule has 0 saturated heterocycles. The highest BCUT2D eigenvalue weighted by atomic mass is 32.2. The minimum atomic E-state index is -4.30. The van der Waals surface area contributed by atoms with Crippen LogP contribution in [0.2, 0.25) is 0 Å². The first-order valence-electron chi connectivity index (χ1n) is 10.5. The minimum absolute atomic E-state index is 0.223. The average molecular weight is 493 g/mol. The lowest BCUT2D eigenvalue weighted by atomic mass is 10.2. The van der Waals surface area contributed by atoms with Crippen molar-refractivity contribution in [3.05, 3.63) is 94.8 Å². The Balaban J connectivity index is 1.51. The second-order valence-electron chi connectivity index (χ2n) is 7.64. The number of rotatable bonds is 8. The van der Waals surface area contributed by atoms with E-state index in [1.54, 1.807) is 54.6 Å². The molecule has 2 N–H and O–H groups in total. The Morgan fingerprint density at radius 1 is 0.943 bits per heavy atom. The number of carbonyl (C=O) groups is 2. The normalized spacial score (nSPS) is 12.2. The molecule has 0 aliphatic heterocycles. The zero-order valence-electron chi connectivity index (χ0n) is 18.2. The maximum absolute atomic E-state index is 13.1. The third-order valence-corrected chi connectivity index (χ3v) is 7.47. The van der Waals surface area contributed by atoms with Crippen molar-refractivity contribution in [1.29, 1.82) is 0 Å². The monoisotopic (exact) mass is 492 g/mol. The van der Waals surface area contributed by atoms with Crippen molar-refractivity contribution in [2.75, 3.05) is 5.32 Å². The molecule has 178 valence electrons. The van der Waals surface area contributed by atoms with Gasteiger partial charge in [0.2, 0.25) is 0 Å². The molecule has 1 aromatic heterocycles. The van der Waals surface area contributed by atoms with Crippen molar-refractivity contribution in [1.82, 2.24) is 15.0 Å². The van der Waals surface area contributed by atoms with E-state index in [0.717, 1.165) is 4.68 Å². The number of anilines is 1. The van der Waals surface area contributed by atoms with Gasteiger partial charge in [-0.25, -0.2) is 13.1 Å². The standard InChI is InChI=1S/C24H20N4O6S/c29-22(16-6-2-1-3-7-16)25-17-10-12-18(13-11-17)35(33,34)21(24(31)32)14-15-28-23(30)19-8-4-5-9-20(19)26-27-28/h1-13,21H,14-15H2,(H,25,29)(H,31,32). The van der Waals surface area contributed by atoms with Crippen molar-refractivity contribution in [3.63, 3.8) is 0 Å². The number of aromatic nitrogens is 3. The van der Waals surface area contributed by atoms with Gasteiger partial charge in [-0.2, -0.15) is 0 Å². The molecule has 1 unspecified atom stereocenters. The molecule has 1 heterocycles. The van der Waals surface area contributed by atoms with Crippen LogP contribution in [-0.2, 0) is 21.2 Å². The number of benzene rings is 3. The summed E-state index contributed by atoms with van der Waals surface area (Å²) in [4.78, 5) is 36.5. The van der Waals surface area contributed by atoms with Gasteiger partial charge in [-0.3, -0.25) is 14.4 Å². The minimum Gasteiger partial charge on any atom is -0.480 e. The summed E-state index contributed by atoms with van der Waals surface area (Å²) >= 11 is 0. The van der Waals surface area contributed by atoms with Gasteiger partial charge in [0.05, 0.1) is 10.3 Å². The highest BCUT2D eigenvalue weighted by molar-refractivity contribution is 7.92. The third kappa shape index (κ3) is 5.09. The summed E-state index contributed by atoms with van der Waals surface area (Å²) in [6, 6.07) is 20.2. The first-order valence-corrected chi connectivity index (χ1v) is 12.1. The number of hydrogen-bond acceptors (Lipinski definition) is 7. The number of nitrogens with zero attached hydrogens (tertiary/aromatic N) is 3. The van der Waals surface area contributed by atoms with Gasteiger partial charge in [0.1, 0.15) is 5.52 Å². The van der Waals surface area contributed by atoms with Crippen LogP contribution in [0.3, 0.4) is 0 Å². The molecule has 1 amide bonds. The summed E-state index contributed by atoms with van der Waals surface area (Å²) in [7, 11) is -4.30. The van der Waals surface area contributed by atoms with E-state index in [1.165, 1.54) is 24.3 Å². The molecule has 0 saturated carbocycles. The fraction of sp³-hybridized carbons (Fsp3) is 0.125. The zero-order chi connectivity index (χ0) is 25.0. The van der Waals surface area contributed by atoms with E-state index < -0.39 is 33.0 Å². The third-order valence-electron chi connectivity index (χ3n) is 5.36. The number of hydrogen-bond donors (Lipinski definition) is 2. The molecular weight excluding hydrogens is 472 g/mol. The molecule has 10 nitrogen and oxygen atoms in total. The number of carboxylic acid groups (broad SMARTS) is 1. The number of aliphatic carboxylic acids is 1. The maximum atomic E-state index is 13.1. The fourth-order valence-corrected chi connectivity index (χ4v) is 5.03. The van der Waals surface area contributed by atoms with E-state index in [-0.39, 0.29) is 17.3 Å². The summed E-state index contributed by atoms with van der Waals surface area (Å²) in [5.74, 6) is -1.92. The zero-order valence-corrected chi connectivity index (χ0v) is 19.1. The molecule has 11 heteroatoms. The quantitative estimate of drug-likeness (QED) is 0.381. The lowest BCUT2D eigenvalue weighted by molar-refractivity contribution is -0.136. The Morgan fingerprint density at radius 3 is 2.29 bits per heavy atom. The Bertz CT molecular complexity index is 1550. The number of fused-ring (bicyclic) bond motifs is 1. The van der Waals surface area contributed by atoms with Gasteiger partial charge in [-0.05, 0) is 55.0 Å². The Labute approximate surface area is 199 Å². The molecule has 4 aromatic rings. The van der Waals surface area contributed by atoms with E-state index in [4.69, 9.17) is 0 Å². The van der Waals surface area contributed by atoms with Gasteiger partial charge in [0.15, 0.2) is 15.1 Å². The van der Waals surface area contributed by atoms with Gasteiger partial charge in [-0.15, -0.1) is 5.10 Å². The molecule has 1 atom stereocenters. The molecule has 0 aliphatic carbocycles. The van der Waals surface area contributed by atoms with Crippen molar-refractivity contribution in [3.8, 4) is 0 Å². The molecule has 0 radical (unpaired) electrons.